The van der Waals surface area contributed by atoms with Gasteiger partial charge in [-0.15, -0.1) is 12.4 Å². The molecule has 0 bridgehead atoms. The Kier molecular flexibility index (Phi) is 6.87. The molecule has 1 heterocycles. The van der Waals surface area contributed by atoms with Crippen LogP contribution in [0.5, 0.6) is 0 Å². The fourth-order valence-corrected chi connectivity index (χ4v) is 2.35. The van der Waals surface area contributed by atoms with Crippen molar-refractivity contribution in [2.24, 2.45) is 5.73 Å². The molecule has 0 radical (unpaired) electrons. The molecule has 1 atom stereocenters. The zero-order valence-electron chi connectivity index (χ0n) is 11.6. The number of rotatable bonds is 5. The lowest BCUT2D eigenvalue weighted by Gasteiger charge is -2.06. The Morgan fingerprint density at radius 2 is 2.10 bits per heavy atom. The lowest BCUT2D eigenvalue weighted by molar-refractivity contribution is 0.0947. The summed E-state index contributed by atoms with van der Waals surface area (Å²) >= 11 is 3.43. The van der Waals surface area contributed by atoms with E-state index in [0.29, 0.717) is 16.7 Å². The molecular weight excluding hydrogens is 356 g/mol. The first-order chi connectivity index (χ1) is 9.59. The molecule has 4 N–H and O–H groups in total. The van der Waals surface area contributed by atoms with E-state index in [9.17, 15) is 4.79 Å². The summed E-state index contributed by atoms with van der Waals surface area (Å²) in [5.41, 5.74) is 7.75. The van der Waals surface area contributed by atoms with Crippen molar-refractivity contribution in [3.63, 3.8) is 0 Å². The van der Waals surface area contributed by atoms with Gasteiger partial charge in [-0.1, -0.05) is 30.3 Å². The molecule has 1 unspecified atom stereocenters. The monoisotopic (exact) mass is 372 g/mol. The number of carbonyl (C=O) groups excluding carboxylic acids is 1. The summed E-state index contributed by atoms with van der Waals surface area (Å²) in [6.07, 6.45) is 0.739. The number of aromatic amines is 1. The van der Waals surface area contributed by atoms with Crippen LogP contribution < -0.4 is 11.1 Å². The quantitative estimate of drug-likeness (QED) is 0.753. The molecule has 7 heteroatoms. The zero-order valence-corrected chi connectivity index (χ0v) is 14.0. The summed E-state index contributed by atoms with van der Waals surface area (Å²) in [6.45, 7) is 2.45. The third kappa shape index (κ3) is 4.56. The highest BCUT2D eigenvalue weighted by molar-refractivity contribution is 9.10. The average Bonchev–Trinajstić information content (AvgIpc) is 2.81. The van der Waals surface area contributed by atoms with E-state index in [1.807, 2.05) is 37.3 Å². The maximum atomic E-state index is 12.0. The minimum Gasteiger partial charge on any atom is -0.351 e. The second-order valence-corrected chi connectivity index (χ2v) is 5.44. The molecule has 0 aliphatic carbocycles. The molecule has 0 spiro atoms. The largest absolute Gasteiger partial charge is 0.351 e. The van der Waals surface area contributed by atoms with Crippen molar-refractivity contribution >= 4 is 34.2 Å². The molecule has 0 saturated heterocycles. The first-order valence-electron chi connectivity index (χ1n) is 6.42. The maximum absolute atomic E-state index is 12.0. The Morgan fingerprint density at radius 3 is 2.71 bits per heavy atom. The Bertz CT molecular complexity index is 586. The topological polar surface area (TPSA) is 83.8 Å². The number of halogens is 2. The van der Waals surface area contributed by atoms with Crippen LogP contribution in [0.1, 0.15) is 23.8 Å². The van der Waals surface area contributed by atoms with E-state index in [-0.39, 0.29) is 24.4 Å². The first kappa shape index (κ1) is 17.7. The van der Waals surface area contributed by atoms with Gasteiger partial charge in [0.15, 0.2) is 0 Å². The summed E-state index contributed by atoms with van der Waals surface area (Å²) in [4.78, 5) is 12.0. The van der Waals surface area contributed by atoms with Crippen molar-refractivity contribution in [3.05, 3.63) is 40.5 Å². The molecule has 1 aromatic carbocycles. The molecule has 0 saturated carbocycles. The van der Waals surface area contributed by atoms with E-state index in [1.54, 1.807) is 0 Å². The Morgan fingerprint density at radius 1 is 1.43 bits per heavy atom. The molecule has 114 valence electrons. The van der Waals surface area contributed by atoms with Gasteiger partial charge in [-0.05, 0) is 29.3 Å². The van der Waals surface area contributed by atoms with Gasteiger partial charge in [0.05, 0.1) is 4.47 Å². The smallest absolute Gasteiger partial charge is 0.270 e. The van der Waals surface area contributed by atoms with Gasteiger partial charge in [-0.3, -0.25) is 9.89 Å². The Hall–Kier alpha value is -1.37. The second kappa shape index (κ2) is 8.17. The van der Waals surface area contributed by atoms with Crippen LogP contribution in [0.25, 0.3) is 11.3 Å². The van der Waals surface area contributed by atoms with Crippen LogP contribution in [-0.2, 0) is 0 Å². The van der Waals surface area contributed by atoms with E-state index in [1.165, 1.54) is 0 Å². The average molecular weight is 374 g/mol. The van der Waals surface area contributed by atoms with Crippen molar-refractivity contribution in [2.75, 3.05) is 6.54 Å². The fourth-order valence-electron chi connectivity index (χ4n) is 1.77. The van der Waals surface area contributed by atoms with Crippen LogP contribution in [0.2, 0.25) is 0 Å². The fraction of sp³-hybridized carbons (Fsp3) is 0.286. The number of H-pyrrole nitrogens is 1. The van der Waals surface area contributed by atoms with Crippen molar-refractivity contribution in [1.29, 1.82) is 0 Å². The van der Waals surface area contributed by atoms with Crippen LogP contribution in [0.4, 0.5) is 0 Å². The van der Waals surface area contributed by atoms with Crippen molar-refractivity contribution < 1.29 is 4.79 Å². The van der Waals surface area contributed by atoms with Gasteiger partial charge in [0, 0.05) is 18.2 Å². The normalized spacial score (nSPS) is 11.6. The van der Waals surface area contributed by atoms with Gasteiger partial charge in [-0.25, -0.2) is 0 Å². The summed E-state index contributed by atoms with van der Waals surface area (Å²) in [6, 6.07) is 9.75. The molecule has 0 fully saturated rings. The number of hydrogen-bond acceptors (Lipinski definition) is 3. The van der Waals surface area contributed by atoms with Crippen LogP contribution in [0.3, 0.4) is 0 Å². The van der Waals surface area contributed by atoms with Crippen LogP contribution in [0, 0.1) is 0 Å². The van der Waals surface area contributed by atoms with Crippen molar-refractivity contribution in [3.8, 4) is 11.3 Å². The lowest BCUT2D eigenvalue weighted by Crippen LogP contribution is -2.29. The SMILES string of the molecule is CC(N)CCNC(=O)c1[nH]nc(-c2ccccc2)c1Br.Cl. The number of hydrogen-bond donors (Lipinski definition) is 3. The van der Waals surface area contributed by atoms with E-state index >= 15 is 0 Å². The number of carbonyl (C=O) groups is 1. The number of nitrogens with two attached hydrogens (primary N) is 1. The Balaban J connectivity index is 0.00000220. The third-order valence-corrected chi connectivity index (χ3v) is 3.64. The van der Waals surface area contributed by atoms with Crippen molar-refractivity contribution in [1.82, 2.24) is 15.5 Å². The van der Waals surface area contributed by atoms with Crippen LogP contribution in [-0.4, -0.2) is 28.7 Å². The van der Waals surface area contributed by atoms with Gasteiger partial charge in [0.1, 0.15) is 11.4 Å². The van der Waals surface area contributed by atoms with Gasteiger partial charge in [-0.2, -0.15) is 5.10 Å². The molecule has 1 aromatic heterocycles. The molecule has 5 nitrogen and oxygen atoms in total. The van der Waals surface area contributed by atoms with Crippen LogP contribution in [0.15, 0.2) is 34.8 Å². The highest BCUT2D eigenvalue weighted by Gasteiger charge is 2.17. The molecule has 2 aromatic rings. The molecule has 0 aliphatic heterocycles. The maximum Gasteiger partial charge on any atom is 0.270 e. The predicted octanol–water partition coefficient (Wildman–Crippen LogP) is 2.73. The Labute approximate surface area is 138 Å². The number of nitrogens with one attached hydrogen (secondary N) is 2. The number of aromatic nitrogens is 2. The number of benzene rings is 1. The van der Waals surface area contributed by atoms with Gasteiger partial charge in [0.2, 0.25) is 0 Å². The minimum absolute atomic E-state index is 0. The summed E-state index contributed by atoms with van der Waals surface area (Å²) in [5.74, 6) is -0.188. The third-order valence-electron chi connectivity index (χ3n) is 2.87. The van der Waals surface area contributed by atoms with Gasteiger partial charge >= 0.3 is 0 Å². The van der Waals surface area contributed by atoms with Crippen molar-refractivity contribution in [2.45, 2.75) is 19.4 Å². The lowest BCUT2D eigenvalue weighted by atomic mass is 10.1. The summed E-state index contributed by atoms with van der Waals surface area (Å²) in [7, 11) is 0. The zero-order chi connectivity index (χ0) is 14.5. The summed E-state index contributed by atoms with van der Waals surface area (Å²) in [5, 5.41) is 9.78. The molecule has 0 aliphatic rings. The number of amides is 1. The summed E-state index contributed by atoms with van der Waals surface area (Å²) < 4.78 is 0.669. The highest BCUT2D eigenvalue weighted by atomic mass is 79.9. The van der Waals surface area contributed by atoms with Crippen LogP contribution >= 0.6 is 28.3 Å². The van der Waals surface area contributed by atoms with Gasteiger partial charge < -0.3 is 11.1 Å². The predicted molar refractivity (Wildman–Crippen MR) is 89.6 cm³/mol. The molecular formula is C14H18BrClN4O. The number of nitrogens with zero attached hydrogens (tertiary/aromatic N) is 1. The van der Waals surface area contributed by atoms with E-state index in [4.69, 9.17) is 5.73 Å². The second-order valence-electron chi connectivity index (χ2n) is 4.65. The standard InChI is InChI=1S/C14H17BrN4O.ClH/c1-9(16)7-8-17-14(20)13-11(15)12(18-19-13)10-5-3-2-4-6-10;/h2-6,9H,7-8,16H2,1H3,(H,17,20)(H,18,19);1H. The highest BCUT2D eigenvalue weighted by Crippen LogP contribution is 2.28. The van der Waals surface area contributed by atoms with E-state index < -0.39 is 0 Å². The van der Waals surface area contributed by atoms with E-state index in [0.717, 1.165) is 17.7 Å². The minimum atomic E-state index is -0.188. The first-order valence-corrected chi connectivity index (χ1v) is 7.22. The molecule has 2 rings (SSSR count). The van der Waals surface area contributed by atoms with E-state index in [2.05, 4.69) is 31.4 Å². The molecule has 21 heavy (non-hydrogen) atoms. The molecule has 1 amide bonds. The van der Waals surface area contributed by atoms with Gasteiger partial charge in [0.25, 0.3) is 5.91 Å².